The second-order valence-electron chi connectivity index (χ2n) is 4.11. The summed E-state index contributed by atoms with van der Waals surface area (Å²) >= 11 is 0. The molecule has 0 spiro atoms. The van der Waals surface area contributed by atoms with Crippen LogP contribution in [0.25, 0.3) is 0 Å². The van der Waals surface area contributed by atoms with Crippen LogP contribution in [0.1, 0.15) is 39.4 Å². The summed E-state index contributed by atoms with van der Waals surface area (Å²) in [5.74, 6) is 2.88. The van der Waals surface area contributed by atoms with Crippen molar-refractivity contribution in [3.8, 4) is 0 Å². The van der Waals surface area contributed by atoms with Crippen LogP contribution in [-0.4, -0.2) is 30.1 Å². The van der Waals surface area contributed by atoms with Gasteiger partial charge in [-0.05, 0) is 19.8 Å². The number of nitrogens with one attached hydrogen (secondary N) is 1. The maximum atomic E-state index is 4.64. The summed E-state index contributed by atoms with van der Waals surface area (Å²) in [7, 11) is 1.90. The first-order chi connectivity index (χ1) is 8.24. The smallest absolute Gasteiger partial charge is 0.134 e. The molecule has 1 heterocycles. The molecule has 0 amide bonds. The van der Waals surface area contributed by atoms with Crippen LogP contribution >= 0.6 is 0 Å². The van der Waals surface area contributed by atoms with Crippen molar-refractivity contribution < 1.29 is 0 Å². The van der Waals surface area contributed by atoms with Crippen LogP contribution < -0.4 is 10.2 Å². The SMILES string of the molecule is CCCc1nc(NC)cc(N(CC)CCC)n1. The van der Waals surface area contributed by atoms with Crippen molar-refractivity contribution in [2.24, 2.45) is 0 Å². The van der Waals surface area contributed by atoms with Crippen LogP contribution in [0.5, 0.6) is 0 Å². The fourth-order valence-corrected chi connectivity index (χ4v) is 1.81. The summed E-state index contributed by atoms with van der Waals surface area (Å²) in [5, 5.41) is 3.11. The van der Waals surface area contributed by atoms with Crippen LogP contribution in [0.2, 0.25) is 0 Å². The minimum absolute atomic E-state index is 0.910. The Hall–Kier alpha value is -1.32. The number of hydrogen-bond acceptors (Lipinski definition) is 4. The Balaban J connectivity index is 2.99. The summed E-state index contributed by atoms with van der Waals surface area (Å²) < 4.78 is 0. The van der Waals surface area contributed by atoms with E-state index < -0.39 is 0 Å². The van der Waals surface area contributed by atoms with E-state index in [2.05, 4.69) is 41.0 Å². The van der Waals surface area contributed by atoms with Gasteiger partial charge in [-0.3, -0.25) is 0 Å². The second kappa shape index (κ2) is 7.09. The monoisotopic (exact) mass is 236 g/mol. The third-order valence-electron chi connectivity index (χ3n) is 2.69. The molecule has 0 aliphatic rings. The van der Waals surface area contributed by atoms with Gasteiger partial charge in [0.1, 0.15) is 17.5 Å². The number of anilines is 2. The molecular formula is C13H24N4. The lowest BCUT2D eigenvalue weighted by Gasteiger charge is -2.22. The topological polar surface area (TPSA) is 41.1 Å². The summed E-state index contributed by atoms with van der Waals surface area (Å²) in [6, 6.07) is 2.03. The van der Waals surface area contributed by atoms with Crippen molar-refractivity contribution in [3.05, 3.63) is 11.9 Å². The predicted molar refractivity (Wildman–Crippen MR) is 73.8 cm³/mol. The van der Waals surface area contributed by atoms with Crippen molar-refractivity contribution in [3.63, 3.8) is 0 Å². The van der Waals surface area contributed by atoms with E-state index in [1.807, 2.05) is 13.1 Å². The van der Waals surface area contributed by atoms with Crippen molar-refractivity contribution >= 4 is 11.6 Å². The minimum Gasteiger partial charge on any atom is -0.373 e. The molecule has 96 valence electrons. The molecule has 0 atom stereocenters. The molecule has 0 bridgehead atoms. The van der Waals surface area contributed by atoms with Crippen molar-refractivity contribution in [1.29, 1.82) is 0 Å². The van der Waals surface area contributed by atoms with Gasteiger partial charge in [0, 0.05) is 32.6 Å². The average molecular weight is 236 g/mol. The Morgan fingerprint density at radius 2 is 1.94 bits per heavy atom. The number of aromatic nitrogens is 2. The lowest BCUT2D eigenvalue weighted by Crippen LogP contribution is -2.25. The lowest BCUT2D eigenvalue weighted by molar-refractivity contribution is 0.760. The maximum Gasteiger partial charge on any atom is 0.134 e. The molecule has 0 aliphatic carbocycles. The molecule has 1 aromatic heterocycles. The van der Waals surface area contributed by atoms with E-state index in [0.29, 0.717) is 0 Å². The van der Waals surface area contributed by atoms with Gasteiger partial charge in [0.25, 0.3) is 0 Å². The van der Waals surface area contributed by atoms with E-state index in [-0.39, 0.29) is 0 Å². The zero-order chi connectivity index (χ0) is 12.7. The highest BCUT2D eigenvalue weighted by Crippen LogP contribution is 2.16. The first kappa shape index (κ1) is 13.7. The summed E-state index contributed by atoms with van der Waals surface area (Å²) in [6.45, 7) is 8.53. The second-order valence-corrected chi connectivity index (χ2v) is 4.11. The quantitative estimate of drug-likeness (QED) is 0.790. The molecule has 1 aromatic rings. The minimum atomic E-state index is 0.910. The van der Waals surface area contributed by atoms with Gasteiger partial charge in [-0.15, -0.1) is 0 Å². The number of aryl methyl sites for hydroxylation is 1. The van der Waals surface area contributed by atoms with Gasteiger partial charge in [0.2, 0.25) is 0 Å². The van der Waals surface area contributed by atoms with Crippen molar-refractivity contribution in [2.75, 3.05) is 30.4 Å². The normalized spacial score (nSPS) is 10.4. The van der Waals surface area contributed by atoms with Gasteiger partial charge in [0.05, 0.1) is 0 Å². The predicted octanol–water partition coefficient (Wildman–Crippen LogP) is 2.71. The molecule has 0 unspecified atom stereocenters. The zero-order valence-electron chi connectivity index (χ0n) is 11.5. The molecular weight excluding hydrogens is 212 g/mol. The van der Waals surface area contributed by atoms with Gasteiger partial charge in [0.15, 0.2) is 0 Å². The van der Waals surface area contributed by atoms with Crippen LogP contribution in [0, 0.1) is 0 Å². The lowest BCUT2D eigenvalue weighted by atomic mass is 10.3. The zero-order valence-corrected chi connectivity index (χ0v) is 11.5. The van der Waals surface area contributed by atoms with Crippen LogP contribution in [-0.2, 0) is 6.42 Å². The van der Waals surface area contributed by atoms with Gasteiger partial charge < -0.3 is 10.2 Å². The molecule has 0 aromatic carbocycles. The first-order valence-corrected chi connectivity index (χ1v) is 6.55. The Kier molecular flexibility index (Phi) is 5.73. The summed E-state index contributed by atoms with van der Waals surface area (Å²) in [5.41, 5.74) is 0. The number of hydrogen-bond donors (Lipinski definition) is 1. The molecule has 0 radical (unpaired) electrons. The fourth-order valence-electron chi connectivity index (χ4n) is 1.81. The molecule has 1 rings (SSSR count). The molecule has 0 fully saturated rings. The molecule has 0 saturated carbocycles. The highest BCUT2D eigenvalue weighted by Gasteiger charge is 2.08. The van der Waals surface area contributed by atoms with Gasteiger partial charge in [-0.2, -0.15) is 0 Å². The Morgan fingerprint density at radius 1 is 1.18 bits per heavy atom. The third-order valence-corrected chi connectivity index (χ3v) is 2.69. The molecule has 4 heteroatoms. The highest BCUT2D eigenvalue weighted by molar-refractivity contribution is 5.49. The van der Waals surface area contributed by atoms with Crippen molar-refractivity contribution in [2.45, 2.75) is 40.0 Å². The molecule has 17 heavy (non-hydrogen) atoms. The van der Waals surface area contributed by atoms with Gasteiger partial charge >= 0.3 is 0 Å². The number of rotatable bonds is 7. The standard InChI is InChI=1S/C13H24N4/c1-5-8-11-15-12(14-4)10-13(16-11)17(7-3)9-6-2/h10H,5-9H2,1-4H3,(H,14,15,16). The number of nitrogens with zero attached hydrogens (tertiary/aromatic N) is 3. The Labute approximate surface area is 104 Å². The largest absolute Gasteiger partial charge is 0.373 e. The van der Waals surface area contributed by atoms with E-state index in [9.17, 15) is 0 Å². The summed E-state index contributed by atoms with van der Waals surface area (Å²) in [6.07, 6.45) is 3.15. The molecule has 1 N–H and O–H groups in total. The first-order valence-electron chi connectivity index (χ1n) is 6.55. The summed E-state index contributed by atoms with van der Waals surface area (Å²) in [4.78, 5) is 11.4. The molecule has 4 nitrogen and oxygen atoms in total. The maximum absolute atomic E-state index is 4.64. The average Bonchev–Trinajstić information content (AvgIpc) is 2.35. The van der Waals surface area contributed by atoms with Gasteiger partial charge in [-0.1, -0.05) is 13.8 Å². The molecule has 0 saturated heterocycles. The van der Waals surface area contributed by atoms with Crippen molar-refractivity contribution in [1.82, 2.24) is 9.97 Å². The third kappa shape index (κ3) is 3.88. The van der Waals surface area contributed by atoms with Crippen LogP contribution in [0.15, 0.2) is 6.07 Å². The molecule has 0 aliphatic heterocycles. The van der Waals surface area contributed by atoms with E-state index in [4.69, 9.17) is 0 Å². The van der Waals surface area contributed by atoms with E-state index in [1.54, 1.807) is 0 Å². The van der Waals surface area contributed by atoms with Gasteiger partial charge in [-0.25, -0.2) is 9.97 Å². The van der Waals surface area contributed by atoms with E-state index in [0.717, 1.165) is 49.8 Å². The van der Waals surface area contributed by atoms with Crippen LogP contribution in [0.4, 0.5) is 11.6 Å². The van der Waals surface area contributed by atoms with E-state index in [1.165, 1.54) is 0 Å². The fraction of sp³-hybridized carbons (Fsp3) is 0.692. The highest BCUT2D eigenvalue weighted by atomic mass is 15.2. The van der Waals surface area contributed by atoms with E-state index >= 15 is 0 Å². The Morgan fingerprint density at radius 3 is 2.47 bits per heavy atom. The van der Waals surface area contributed by atoms with Crippen LogP contribution in [0.3, 0.4) is 0 Å². The Bertz CT molecular complexity index is 338.